The topological polar surface area (TPSA) is 52.9 Å². The van der Waals surface area contributed by atoms with Gasteiger partial charge in [-0.3, -0.25) is 4.79 Å². The van der Waals surface area contributed by atoms with Gasteiger partial charge in [-0.2, -0.15) is 5.26 Å². The number of amides is 1. The molecule has 0 radical (unpaired) electrons. The molecule has 0 aromatic heterocycles. The molecular formula is C17H15BrN2O. The fourth-order valence-electron chi connectivity index (χ4n) is 2.91. The van der Waals surface area contributed by atoms with Crippen LogP contribution in [0.3, 0.4) is 0 Å². The lowest BCUT2D eigenvalue weighted by atomic mass is 9.87. The number of carbonyl (C=O) groups is 1. The molecule has 106 valence electrons. The van der Waals surface area contributed by atoms with Crippen LogP contribution in [0, 0.1) is 16.7 Å². The van der Waals surface area contributed by atoms with Gasteiger partial charge in [0.05, 0.1) is 6.07 Å². The molecule has 1 N–H and O–H groups in total. The minimum atomic E-state index is -0.839. The summed E-state index contributed by atoms with van der Waals surface area (Å²) in [6, 6.07) is 14.0. The number of fused-ring (bicyclic) bond motifs is 1. The van der Waals surface area contributed by atoms with Crippen LogP contribution in [0.25, 0.3) is 10.8 Å². The van der Waals surface area contributed by atoms with Crippen molar-refractivity contribution in [2.75, 3.05) is 5.32 Å². The van der Waals surface area contributed by atoms with Crippen molar-refractivity contribution in [2.45, 2.75) is 25.7 Å². The molecule has 4 heteroatoms. The quantitative estimate of drug-likeness (QED) is 0.865. The molecule has 0 bridgehead atoms. The standard InChI is InChI=1S/C17H15BrN2O/c18-14-5-3-13-10-15(6-4-12(13)9-14)20-16(21)17(11-19)7-1-2-8-17/h3-6,9-10H,1-2,7-8H2,(H,20,21). The summed E-state index contributed by atoms with van der Waals surface area (Å²) in [4.78, 5) is 12.4. The van der Waals surface area contributed by atoms with Gasteiger partial charge in [-0.05, 0) is 47.9 Å². The van der Waals surface area contributed by atoms with E-state index in [0.29, 0.717) is 12.8 Å². The van der Waals surface area contributed by atoms with Gasteiger partial charge < -0.3 is 5.32 Å². The molecule has 3 nitrogen and oxygen atoms in total. The van der Waals surface area contributed by atoms with Gasteiger partial charge in [0, 0.05) is 10.2 Å². The highest BCUT2D eigenvalue weighted by molar-refractivity contribution is 9.10. The van der Waals surface area contributed by atoms with Gasteiger partial charge in [-0.15, -0.1) is 0 Å². The summed E-state index contributed by atoms with van der Waals surface area (Å²) in [5, 5.41) is 14.4. The molecule has 0 saturated heterocycles. The minimum absolute atomic E-state index is 0.168. The maximum absolute atomic E-state index is 12.4. The molecule has 1 aliphatic rings. The van der Waals surface area contributed by atoms with Crippen LogP contribution in [-0.4, -0.2) is 5.91 Å². The highest BCUT2D eigenvalue weighted by Gasteiger charge is 2.41. The first-order valence-electron chi connectivity index (χ1n) is 7.05. The van der Waals surface area contributed by atoms with Crippen molar-refractivity contribution in [2.24, 2.45) is 5.41 Å². The van der Waals surface area contributed by atoms with E-state index < -0.39 is 5.41 Å². The molecule has 1 saturated carbocycles. The predicted molar refractivity (Wildman–Crippen MR) is 86.8 cm³/mol. The van der Waals surface area contributed by atoms with Crippen LogP contribution in [0.4, 0.5) is 5.69 Å². The molecular weight excluding hydrogens is 328 g/mol. The van der Waals surface area contributed by atoms with E-state index in [1.807, 2.05) is 36.4 Å². The Morgan fingerprint density at radius 2 is 1.81 bits per heavy atom. The number of carbonyl (C=O) groups excluding carboxylic acids is 1. The SMILES string of the molecule is N#CC1(C(=O)Nc2ccc3cc(Br)ccc3c2)CCCC1. The third-order valence-corrected chi connectivity index (χ3v) is 4.66. The lowest BCUT2D eigenvalue weighted by Gasteiger charge is -2.19. The molecule has 2 aromatic carbocycles. The highest BCUT2D eigenvalue weighted by atomic mass is 79.9. The lowest BCUT2D eigenvalue weighted by molar-refractivity contribution is -0.122. The number of hydrogen-bond donors (Lipinski definition) is 1. The maximum atomic E-state index is 12.4. The van der Waals surface area contributed by atoms with Crippen LogP contribution in [0.1, 0.15) is 25.7 Å². The Morgan fingerprint density at radius 3 is 2.52 bits per heavy atom. The molecule has 1 fully saturated rings. The van der Waals surface area contributed by atoms with Gasteiger partial charge in [0.25, 0.3) is 0 Å². The van der Waals surface area contributed by atoms with Crippen LogP contribution < -0.4 is 5.32 Å². The fraction of sp³-hybridized carbons (Fsp3) is 0.294. The van der Waals surface area contributed by atoms with E-state index in [1.165, 1.54) is 0 Å². The van der Waals surface area contributed by atoms with Crippen LogP contribution in [0.5, 0.6) is 0 Å². The molecule has 0 atom stereocenters. The molecule has 0 unspecified atom stereocenters. The summed E-state index contributed by atoms with van der Waals surface area (Å²) in [6.07, 6.45) is 3.23. The number of anilines is 1. The molecule has 3 rings (SSSR count). The summed E-state index contributed by atoms with van der Waals surface area (Å²) in [5.41, 5.74) is -0.0920. The van der Waals surface area contributed by atoms with Crippen LogP contribution in [0.15, 0.2) is 40.9 Å². The number of rotatable bonds is 2. The van der Waals surface area contributed by atoms with Gasteiger partial charge in [-0.1, -0.05) is 40.9 Å². The van der Waals surface area contributed by atoms with Crippen LogP contribution in [0.2, 0.25) is 0 Å². The number of nitrogens with zero attached hydrogens (tertiary/aromatic N) is 1. The van der Waals surface area contributed by atoms with E-state index in [-0.39, 0.29) is 5.91 Å². The largest absolute Gasteiger partial charge is 0.325 e. The van der Waals surface area contributed by atoms with Gasteiger partial charge >= 0.3 is 0 Å². The molecule has 0 heterocycles. The molecule has 1 amide bonds. The second kappa shape index (κ2) is 5.50. The second-order valence-corrected chi connectivity index (χ2v) is 6.48. The van der Waals surface area contributed by atoms with Crippen LogP contribution in [-0.2, 0) is 4.79 Å². The van der Waals surface area contributed by atoms with Crippen molar-refractivity contribution in [3.63, 3.8) is 0 Å². The van der Waals surface area contributed by atoms with E-state index in [4.69, 9.17) is 0 Å². The van der Waals surface area contributed by atoms with Crippen molar-refractivity contribution in [3.8, 4) is 6.07 Å². The summed E-state index contributed by atoms with van der Waals surface area (Å²) in [6.45, 7) is 0. The summed E-state index contributed by atoms with van der Waals surface area (Å²) < 4.78 is 1.03. The fourth-order valence-corrected chi connectivity index (χ4v) is 3.29. The van der Waals surface area contributed by atoms with E-state index in [9.17, 15) is 10.1 Å². The number of halogens is 1. The van der Waals surface area contributed by atoms with Crippen molar-refractivity contribution in [1.29, 1.82) is 5.26 Å². The van der Waals surface area contributed by atoms with Crippen molar-refractivity contribution >= 4 is 38.3 Å². The molecule has 21 heavy (non-hydrogen) atoms. The number of nitrogens with one attached hydrogen (secondary N) is 1. The molecule has 2 aromatic rings. The third kappa shape index (κ3) is 2.66. The average Bonchev–Trinajstić information content (AvgIpc) is 2.97. The minimum Gasteiger partial charge on any atom is -0.325 e. The van der Waals surface area contributed by atoms with Gasteiger partial charge in [0.1, 0.15) is 5.41 Å². The number of hydrogen-bond acceptors (Lipinski definition) is 2. The summed E-state index contributed by atoms with van der Waals surface area (Å²) >= 11 is 3.45. The second-order valence-electron chi connectivity index (χ2n) is 5.56. The zero-order valence-corrected chi connectivity index (χ0v) is 13.1. The first-order chi connectivity index (χ1) is 10.1. The van der Waals surface area contributed by atoms with E-state index in [2.05, 4.69) is 27.3 Å². The van der Waals surface area contributed by atoms with Gasteiger partial charge in [0.15, 0.2) is 0 Å². The van der Waals surface area contributed by atoms with E-state index >= 15 is 0 Å². The Kier molecular flexibility index (Phi) is 3.69. The maximum Gasteiger partial charge on any atom is 0.244 e. The average molecular weight is 343 g/mol. The Hall–Kier alpha value is -1.86. The zero-order chi connectivity index (χ0) is 14.9. The first kappa shape index (κ1) is 14.1. The van der Waals surface area contributed by atoms with Crippen molar-refractivity contribution in [1.82, 2.24) is 0 Å². The third-order valence-electron chi connectivity index (χ3n) is 4.17. The van der Waals surface area contributed by atoms with E-state index in [0.717, 1.165) is 33.8 Å². The highest BCUT2D eigenvalue weighted by Crippen LogP contribution is 2.38. The van der Waals surface area contributed by atoms with Crippen LogP contribution >= 0.6 is 15.9 Å². The predicted octanol–water partition coefficient (Wildman–Crippen LogP) is 4.62. The Balaban J connectivity index is 1.86. The summed E-state index contributed by atoms with van der Waals surface area (Å²) in [5.74, 6) is -0.168. The van der Waals surface area contributed by atoms with Gasteiger partial charge in [-0.25, -0.2) is 0 Å². The Morgan fingerprint density at radius 1 is 1.14 bits per heavy atom. The van der Waals surface area contributed by atoms with Crippen molar-refractivity contribution < 1.29 is 4.79 Å². The Labute approximate surface area is 132 Å². The Bertz CT molecular complexity index is 742. The molecule has 0 spiro atoms. The normalized spacial score (nSPS) is 16.6. The summed E-state index contributed by atoms with van der Waals surface area (Å²) in [7, 11) is 0. The molecule has 0 aliphatic heterocycles. The molecule has 1 aliphatic carbocycles. The van der Waals surface area contributed by atoms with Crippen molar-refractivity contribution in [3.05, 3.63) is 40.9 Å². The monoisotopic (exact) mass is 342 g/mol. The van der Waals surface area contributed by atoms with Gasteiger partial charge in [0.2, 0.25) is 5.91 Å². The van der Waals surface area contributed by atoms with E-state index in [1.54, 1.807) is 0 Å². The first-order valence-corrected chi connectivity index (χ1v) is 7.84. The smallest absolute Gasteiger partial charge is 0.244 e. The zero-order valence-electron chi connectivity index (χ0n) is 11.5. The lowest BCUT2D eigenvalue weighted by Crippen LogP contribution is -2.32. The number of benzene rings is 2. The number of nitriles is 1.